The second-order valence-corrected chi connectivity index (χ2v) is 32.0. The third-order valence-corrected chi connectivity index (χ3v) is 24.8. The number of benzene rings is 18. The Morgan fingerprint density at radius 2 is 0.395 bits per heavy atom. The molecule has 0 aliphatic rings. The van der Waals surface area contributed by atoms with Gasteiger partial charge in [-0.25, -0.2) is 19.9 Å². The summed E-state index contributed by atoms with van der Waals surface area (Å²) in [5.74, 6) is 1.32. The van der Waals surface area contributed by atoms with Crippen molar-refractivity contribution in [3.8, 4) is 146 Å². The summed E-state index contributed by atoms with van der Waals surface area (Å²) in [5.41, 5.74) is 34.1. The lowest BCUT2D eigenvalue weighted by Crippen LogP contribution is -1.97. The number of nitrogens with zero attached hydrogens (tertiary/aromatic N) is 8. The average Bonchev–Trinajstić information content (AvgIpc) is 1.57. The van der Waals surface area contributed by atoms with Crippen LogP contribution in [0.3, 0.4) is 0 Å². The van der Waals surface area contributed by atoms with E-state index < -0.39 is 0 Å². The van der Waals surface area contributed by atoms with Crippen molar-refractivity contribution in [1.82, 2.24) is 38.2 Å². The summed E-state index contributed by atoms with van der Waals surface area (Å²) in [7, 11) is 0. The van der Waals surface area contributed by atoms with Gasteiger partial charge in [-0.3, -0.25) is 0 Å². The van der Waals surface area contributed by atoms with Gasteiger partial charge in [0.15, 0.2) is 11.6 Å². The molecule has 0 spiro atoms. The quantitative estimate of drug-likeness (QED) is 0.103. The molecule has 0 saturated carbocycles. The van der Waals surface area contributed by atoms with E-state index in [1.807, 2.05) is 12.1 Å². The second kappa shape index (κ2) is 29.7. The number of hydrogen-bond acceptors (Lipinski definition) is 4. The van der Waals surface area contributed by atoms with Gasteiger partial charge in [-0.1, -0.05) is 297 Å². The highest BCUT2D eigenvalue weighted by Gasteiger charge is 2.25. The fraction of sp³-hybridized carbons (Fsp3) is 0. The minimum atomic E-state index is 0.648. The number of rotatable bonds is 15. The fourth-order valence-electron chi connectivity index (χ4n) is 19.0. The molecule has 124 heavy (non-hydrogen) atoms. The van der Waals surface area contributed by atoms with Crippen LogP contribution in [0.15, 0.2) is 449 Å². The molecule has 8 nitrogen and oxygen atoms in total. The van der Waals surface area contributed by atoms with Crippen molar-refractivity contribution in [1.29, 1.82) is 0 Å². The molecular formula is C116H74N8. The van der Waals surface area contributed by atoms with E-state index in [9.17, 15) is 0 Å². The largest absolute Gasteiger partial charge is 0.309 e. The van der Waals surface area contributed by atoms with Crippen LogP contribution < -0.4 is 0 Å². The van der Waals surface area contributed by atoms with Crippen LogP contribution in [0.5, 0.6) is 0 Å². The van der Waals surface area contributed by atoms with Crippen molar-refractivity contribution < 1.29 is 0 Å². The van der Waals surface area contributed by atoms with E-state index >= 15 is 0 Å². The summed E-state index contributed by atoms with van der Waals surface area (Å²) in [5, 5.41) is 9.30. The Morgan fingerprint density at radius 3 is 0.831 bits per heavy atom. The third-order valence-electron chi connectivity index (χ3n) is 24.8. The standard InChI is InChI=1S/C116H74N8/c1-8-28-76(29-9-1)101-73-102(77-30-10-2-11-31-77)118-115(117-101)88-37-25-36-87(67-88)93-47-26-50-111-113(93)99-72-86(60-65-109(99)123(111)91-42-18-6-19-43-91)84-58-63-108-98(70-84)97-68-82(56-61-107(97)122(108)90-40-16-5-17-41-90)75-52-54-79(55-53-75)104-74-103(78-32-12-3-13-33-78)119-116(120-104)95-48-27-51-112-114(95)100-71-85(59-64-110(100)124(112)92-44-20-7-21-45-92)81-35-24-34-80(66-81)83-57-62-106-96(69-83)94-46-22-23-49-105(94)121(106)89-38-14-4-15-39-89/h1-74H. The molecule has 24 aromatic rings. The van der Waals surface area contributed by atoms with Crippen molar-refractivity contribution >= 4 is 87.2 Å². The predicted octanol–water partition coefficient (Wildman–Crippen LogP) is 30.0. The van der Waals surface area contributed by atoms with E-state index in [4.69, 9.17) is 19.9 Å². The van der Waals surface area contributed by atoms with Gasteiger partial charge in [-0.05, 0) is 207 Å². The van der Waals surface area contributed by atoms with Gasteiger partial charge in [-0.15, -0.1) is 0 Å². The minimum Gasteiger partial charge on any atom is -0.309 e. The van der Waals surface area contributed by atoms with Gasteiger partial charge in [0.05, 0.1) is 66.9 Å². The van der Waals surface area contributed by atoms with Crippen LogP contribution in [0.25, 0.3) is 233 Å². The maximum atomic E-state index is 5.63. The van der Waals surface area contributed by atoms with Crippen LogP contribution in [0.1, 0.15) is 0 Å². The lowest BCUT2D eigenvalue weighted by Gasteiger charge is -2.12. The topological polar surface area (TPSA) is 71.3 Å². The summed E-state index contributed by atoms with van der Waals surface area (Å²) in [6.07, 6.45) is 0. The molecule has 6 aromatic heterocycles. The number of para-hydroxylation sites is 5. The molecule has 578 valence electrons. The Hall–Kier alpha value is -16.7. The van der Waals surface area contributed by atoms with E-state index in [0.29, 0.717) is 11.6 Å². The zero-order valence-electron chi connectivity index (χ0n) is 67.3. The SMILES string of the molecule is c1ccc(-c2cc(-c3ccccc3)nc(-c3cccc(-c4cccc5c4c4cc(-c6ccc7c(c6)c6cc(-c8ccc(-c9cc(-c%10ccccc%10)nc(-c%10cccc%11c%10c%10cc(-c%12cccc(-c%13ccc%14c(c%13)c%13ccccc%13n%14-c%13ccccc%13)c%12)ccc%10n%11-c%10ccccc%10)n9)cc8)ccc6n7-c6ccccc6)ccc4n5-c4ccccc4)c3)n2)cc1. The normalized spacial score (nSPS) is 11.7. The highest BCUT2D eigenvalue weighted by atomic mass is 15.0. The van der Waals surface area contributed by atoms with E-state index in [0.717, 1.165) is 195 Å². The molecule has 0 atom stereocenters. The van der Waals surface area contributed by atoms with Gasteiger partial charge in [0.1, 0.15) is 0 Å². The van der Waals surface area contributed by atoms with Crippen LogP contribution in [0, 0.1) is 0 Å². The Kier molecular flexibility index (Phi) is 17.1. The van der Waals surface area contributed by atoms with Crippen molar-refractivity contribution in [2.45, 2.75) is 0 Å². The molecule has 0 unspecified atom stereocenters. The van der Waals surface area contributed by atoms with E-state index in [-0.39, 0.29) is 0 Å². The lowest BCUT2D eigenvalue weighted by molar-refractivity contribution is 1.17. The molecule has 0 aliphatic heterocycles. The molecule has 8 heteroatoms. The van der Waals surface area contributed by atoms with Gasteiger partial charge in [0.25, 0.3) is 0 Å². The van der Waals surface area contributed by atoms with E-state index in [1.165, 1.54) is 27.2 Å². The number of hydrogen-bond donors (Lipinski definition) is 0. The summed E-state index contributed by atoms with van der Waals surface area (Å²) in [6, 6.07) is 162. The van der Waals surface area contributed by atoms with Crippen LogP contribution in [-0.2, 0) is 0 Å². The lowest BCUT2D eigenvalue weighted by atomic mass is 9.95. The Balaban J connectivity index is 0.605. The van der Waals surface area contributed by atoms with Crippen LogP contribution in [0.4, 0.5) is 0 Å². The maximum absolute atomic E-state index is 5.63. The first-order valence-corrected chi connectivity index (χ1v) is 42.2. The molecule has 0 fully saturated rings. The molecule has 0 aliphatic carbocycles. The van der Waals surface area contributed by atoms with Gasteiger partial charge >= 0.3 is 0 Å². The van der Waals surface area contributed by atoms with Crippen molar-refractivity contribution in [2.75, 3.05) is 0 Å². The molecule has 0 amide bonds. The first-order chi connectivity index (χ1) is 61.5. The predicted molar refractivity (Wildman–Crippen MR) is 515 cm³/mol. The summed E-state index contributed by atoms with van der Waals surface area (Å²) in [6.45, 7) is 0. The monoisotopic (exact) mass is 1580 g/mol. The molecule has 0 bridgehead atoms. The highest BCUT2D eigenvalue weighted by molar-refractivity contribution is 6.19. The Labute approximate surface area is 715 Å². The Morgan fingerprint density at radius 1 is 0.137 bits per heavy atom. The molecule has 24 rings (SSSR count). The fourth-order valence-corrected chi connectivity index (χ4v) is 19.0. The van der Waals surface area contributed by atoms with Gasteiger partial charge in [0.2, 0.25) is 0 Å². The molecule has 0 saturated heterocycles. The van der Waals surface area contributed by atoms with E-state index in [2.05, 4.69) is 455 Å². The zero-order chi connectivity index (χ0) is 81.7. The third kappa shape index (κ3) is 12.3. The van der Waals surface area contributed by atoms with Crippen molar-refractivity contribution in [3.05, 3.63) is 449 Å². The summed E-state index contributed by atoms with van der Waals surface area (Å²) >= 11 is 0. The first kappa shape index (κ1) is 71.4. The minimum absolute atomic E-state index is 0.648. The molecule has 0 radical (unpaired) electrons. The number of aromatic nitrogens is 8. The second-order valence-electron chi connectivity index (χ2n) is 32.0. The molecular weight excluding hydrogens is 1510 g/mol. The van der Waals surface area contributed by atoms with Crippen molar-refractivity contribution in [3.63, 3.8) is 0 Å². The Bertz CT molecular complexity index is 8240. The van der Waals surface area contributed by atoms with Crippen molar-refractivity contribution in [2.24, 2.45) is 0 Å². The van der Waals surface area contributed by atoms with Crippen LogP contribution in [0.2, 0.25) is 0 Å². The average molecular weight is 1580 g/mol. The van der Waals surface area contributed by atoms with Crippen LogP contribution >= 0.6 is 0 Å². The van der Waals surface area contributed by atoms with Gasteiger partial charge < -0.3 is 18.3 Å². The number of fused-ring (bicyclic) bond motifs is 12. The summed E-state index contributed by atoms with van der Waals surface area (Å²) < 4.78 is 9.59. The first-order valence-electron chi connectivity index (χ1n) is 42.2. The smallest absolute Gasteiger partial charge is 0.161 e. The molecule has 18 aromatic carbocycles. The molecule has 6 heterocycles. The zero-order valence-corrected chi connectivity index (χ0v) is 67.3. The summed E-state index contributed by atoms with van der Waals surface area (Å²) in [4.78, 5) is 21.7. The van der Waals surface area contributed by atoms with Gasteiger partial charge in [0, 0.05) is 99.2 Å². The van der Waals surface area contributed by atoms with E-state index in [1.54, 1.807) is 0 Å². The molecule has 0 N–H and O–H groups in total. The highest BCUT2D eigenvalue weighted by Crippen LogP contribution is 2.47. The van der Waals surface area contributed by atoms with Gasteiger partial charge in [-0.2, -0.15) is 0 Å². The van der Waals surface area contributed by atoms with Crippen LogP contribution in [-0.4, -0.2) is 38.2 Å². The maximum Gasteiger partial charge on any atom is 0.161 e.